The summed E-state index contributed by atoms with van der Waals surface area (Å²) in [6, 6.07) is 9.46. The maximum absolute atomic E-state index is 10.4. The second kappa shape index (κ2) is 4.63. The molecule has 2 rings (SSSR count). The Balaban J connectivity index is 2.14. The van der Waals surface area contributed by atoms with Crippen molar-refractivity contribution in [2.75, 3.05) is 7.11 Å². The van der Waals surface area contributed by atoms with Crippen molar-refractivity contribution in [1.29, 1.82) is 0 Å². The predicted octanol–water partition coefficient (Wildman–Crippen LogP) is 2.74. The van der Waals surface area contributed by atoms with Gasteiger partial charge >= 0.3 is 0 Å². The van der Waals surface area contributed by atoms with Gasteiger partial charge in [-0.1, -0.05) is 12.1 Å². The van der Waals surface area contributed by atoms with E-state index in [4.69, 9.17) is 9.15 Å². The minimum Gasteiger partial charge on any atom is -0.497 e. The highest BCUT2D eigenvalue weighted by Crippen LogP contribution is 2.26. The fraction of sp³-hybridized carbons (Fsp3) is 0.286. The van der Waals surface area contributed by atoms with Gasteiger partial charge in [-0.3, -0.25) is 0 Å². The SMILES string of the molecule is COc1ccc(CC(C)(O)c2ccoc2)cc1. The van der Waals surface area contributed by atoms with Gasteiger partial charge in [0.15, 0.2) is 0 Å². The average Bonchev–Trinajstić information content (AvgIpc) is 2.84. The van der Waals surface area contributed by atoms with Crippen molar-refractivity contribution < 1.29 is 14.3 Å². The summed E-state index contributed by atoms with van der Waals surface area (Å²) in [7, 11) is 1.64. The number of rotatable bonds is 4. The molecule has 0 spiro atoms. The van der Waals surface area contributed by atoms with Crippen molar-refractivity contribution >= 4 is 0 Å². The maximum Gasteiger partial charge on any atom is 0.118 e. The molecule has 0 aliphatic rings. The van der Waals surface area contributed by atoms with Gasteiger partial charge in [-0.05, 0) is 30.7 Å². The Hall–Kier alpha value is -1.74. The van der Waals surface area contributed by atoms with Crippen molar-refractivity contribution in [3.05, 3.63) is 54.0 Å². The van der Waals surface area contributed by atoms with Crippen LogP contribution in [0.25, 0.3) is 0 Å². The second-order valence-electron chi connectivity index (χ2n) is 4.31. The zero-order valence-corrected chi connectivity index (χ0v) is 10.0. The molecule has 1 aromatic carbocycles. The molecule has 0 aliphatic heterocycles. The lowest BCUT2D eigenvalue weighted by atomic mass is 9.91. The van der Waals surface area contributed by atoms with Gasteiger partial charge in [0.2, 0.25) is 0 Å². The summed E-state index contributed by atoms with van der Waals surface area (Å²) in [5.74, 6) is 0.816. The van der Waals surface area contributed by atoms with Crippen LogP contribution in [0.5, 0.6) is 5.75 Å². The van der Waals surface area contributed by atoms with E-state index in [-0.39, 0.29) is 0 Å². The summed E-state index contributed by atoms with van der Waals surface area (Å²) in [6.07, 6.45) is 3.68. The molecule has 0 amide bonds. The van der Waals surface area contributed by atoms with Gasteiger partial charge in [0.1, 0.15) is 5.75 Å². The topological polar surface area (TPSA) is 42.6 Å². The molecule has 17 heavy (non-hydrogen) atoms. The quantitative estimate of drug-likeness (QED) is 0.881. The van der Waals surface area contributed by atoms with Crippen LogP contribution in [0.15, 0.2) is 47.3 Å². The van der Waals surface area contributed by atoms with Crippen LogP contribution in [0.2, 0.25) is 0 Å². The van der Waals surface area contributed by atoms with Gasteiger partial charge in [-0.25, -0.2) is 0 Å². The molecule has 0 saturated heterocycles. The van der Waals surface area contributed by atoms with Gasteiger partial charge in [-0.15, -0.1) is 0 Å². The fourth-order valence-electron chi connectivity index (χ4n) is 1.81. The van der Waals surface area contributed by atoms with E-state index in [0.29, 0.717) is 6.42 Å². The van der Waals surface area contributed by atoms with E-state index in [2.05, 4.69) is 0 Å². The van der Waals surface area contributed by atoms with Crippen molar-refractivity contribution in [3.63, 3.8) is 0 Å². The van der Waals surface area contributed by atoms with Crippen LogP contribution in [-0.4, -0.2) is 12.2 Å². The minimum absolute atomic E-state index is 0.538. The highest BCUT2D eigenvalue weighted by Gasteiger charge is 2.24. The van der Waals surface area contributed by atoms with Gasteiger partial charge in [0.05, 0.1) is 25.2 Å². The first-order valence-corrected chi connectivity index (χ1v) is 5.50. The molecule has 3 heteroatoms. The molecule has 1 unspecified atom stereocenters. The molecule has 1 heterocycles. The lowest BCUT2D eigenvalue weighted by Crippen LogP contribution is -2.23. The Morgan fingerprint density at radius 3 is 2.47 bits per heavy atom. The first-order valence-electron chi connectivity index (χ1n) is 5.50. The number of benzene rings is 1. The van der Waals surface area contributed by atoms with Crippen LogP contribution in [0.4, 0.5) is 0 Å². The van der Waals surface area contributed by atoms with Crippen LogP contribution in [0, 0.1) is 0 Å². The first kappa shape index (κ1) is 11.7. The second-order valence-corrected chi connectivity index (χ2v) is 4.31. The number of methoxy groups -OCH3 is 1. The Labute approximate surface area is 101 Å². The Morgan fingerprint density at radius 1 is 1.24 bits per heavy atom. The molecule has 90 valence electrons. The lowest BCUT2D eigenvalue weighted by Gasteiger charge is -2.21. The molecule has 0 bridgehead atoms. The van der Waals surface area contributed by atoms with Gasteiger partial charge in [0.25, 0.3) is 0 Å². The highest BCUT2D eigenvalue weighted by atomic mass is 16.5. The summed E-state index contributed by atoms with van der Waals surface area (Å²) in [5.41, 5.74) is 0.923. The zero-order valence-electron chi connectivity index (χ0n) is 10.0. The Kier molecular flexibility index (Phi) is 3.20. The summed E-state index contributed by atoms with van der Waals surface area (Å²) < 4.78 is 10.1. The maximum atomic E-state index is 10.4. The summed E-state index contributed by atoms with van der Waals surface area (Å²) in [6.45, 7) is 1.78. The zero-order chi connectivity index (χ0) is 12.3. The van der Waals surface area contributed by atoms with E-state index < -0.39 is 5.60 Å². The van der Waals surface area contributed by atoms with Gasteiger partial charge in [-0.2, -0.15) is 0 Å². The summed E-state index contributed by atoms with van der Waals surface area (Å²) >= 11 is 0. The largest absolute Gasteiger partial charge is 0.497 e. The van der Waals surface area contributed by atoms with Crippen molar-refractivity contribution in [2.45, 2.75) is 18.9 Å². The normalized spacial score (nSPS) is 14.3. The molecular formula is C14H16O3. The Bertz CT molecular complexity index is 455. The predicted molar refractivity (Wildman–Crippen MR) is 65.0 cm³/mol. The first-order chi connectivity index (χ1) is 8.12. The highest BCUT2D eigenvalue weighted by molar-refractivity contribution is 5.29. The van der Waals surface area contributed by atoms with E-state index >= 15 is 0 Å². The monoisotopic (exact) mass is 232 g/mol. The lowest BCUT2D eigenvalue weighted by molar-refractivity contribution is 0.0570. The third-order valence-corrected chi connectivity index (χ3v) is 2.85. The van der Waals surface area contributed by atoms with Crippen molar-refractivity contribution in [1.82, 2.24) is 0 Å². The van der Waals surface area contributed by atoms with Crippen LogP contribution < -0.4 is 4.74 Å². The molecule has 0 fully saturated rings. The minimum atomic E-state index is -0.915. The van der Waals surface area contributed by atoms with Crippen LogP contribution in [-0.2, 0) is 12.0 Å². The summed E-state index contributed by atoms with van der Waals surface area (Å²) in [5, 5.41) is 10.4. The molecule has 1 atom stereocenters. The molecular weight excluding hydrogens is 216 g/mol. The van der Waals surface area contributed by atoms with E-state index in [0.717, 1.165) is 16.9 Å². The number of hydrogen-bond acceptors (Lipinski definition) is 3. The van der Waals surface area contributed by atoms with E-state index in [1.807, 2.05) is 24.3 Å². The van der Waals surface area contributed by atoms with Crippen LogP contribution >= 0.6 is 0 Å². The van der Waals surface area contributed by atoms with Crippen molar-refractivity contribution in [3.8, 4) is 5.75 Å². The third kappa shape index (κ3) is 2.68. The van der Waals surface area contributed by atoms with E-state index in [1.165, 1.54) is 0 Å². The molecule has 3 nitrogen and oxygen atoms in total. The molecule has 0 radical (unpaired) electrons. The summed E-state index contributed by atoms with van der Waals surface area (Å²) in [4.78, 5) is 0. The number of aliphatic hydroxyl groups is 1. The molecule has 2 aromatic rings. The van der Waals surface area contributed by atoms with Crippen LogP contribution in [0.1, 0.15) is 18.1 Å². The smallest absolute Gasteiger partial charge is 0.118 e. The van der Waals surface area contributed by atoms with Crippen LogP contribution in [0.3, 0.4) is 0 Å². The Morgan fingerprint density at radius 2 is 1.94 bits per heavy atom. The number of furan rings is 1. The molecule has 0 aliphatic carbocycles. The molecule has 0 saturated carbocycles. The standard InChI is InChI=1S/C14H16O3/c1-14(15,12-7-8-17-10-12)9-11-3-5-13(16-2)6-4-11/h3-8,10,15H,9H2,1-2H3. The third-order valence-electron chi connectivity index (χ3n) is 2.85. The molecule has 1 N–H and O–H groups in total. The molecule has 1 aromatic heterocycles. The van der Waals surface area contributed by atoms with Gasteiger partial charge in [0, 0.05) is 12.0 Å². The van der Waals surface area contributed by atoms with Gasteiger partial charge < -0.3 is 14.3 Å². The fourth-order valence-corrected chi connectivity index (χ4v) is 1.81. The number of hydrogen-bond donors (Lipinski definition) is 1. The number of ether oxygens (including phenoxy) is 1. The average molecular weight is 232 g/mol. The van der Waals surface area contributed by atoms with E-state index in [1.54, 1.807) is 32.6 Å². The van der Waals surface area contributed by atoms with E-state index in [9.17, 15) is 5.11 Å². The van der Waals surface area contributed by atoms with Crippen molar-refractivity contribution in [2.24, 2.45) is 0 Å².